The predicted molar refractivity (Wildman–Crippen MR) is 126 cm³/mol. The van der Waals surface area contributed by atoms with Crippen molar-refractivity contribution >= 4 is 32.7 Å². The van der Waals surface area contributed by atoms with Crippen molar-refractivity contribution in [2.45, 2.75) is 24.8 Å². The maximum Gasteiger partial charge on any atom is 0.262 e. The number of fused-ring (bicyclic) bond motifs is 1. The molecule has 7 nitrogen and oxygen atoms in total. The lowest BCUT2D eigenvalue weighted by atomic mass is 10.1. The Morgan fingerprint density at radius 3 is 2.24 bits per heavy atom. The zero-order valence-corrected chi connectivity index (χ0v) is 19.5. The lowest BCUT2D eigenvalue weighted by molar-refractivity contribution is 0.0943. The first-order chi connectivity index (χ1) is 16.0. The molecule has 176 valence electrons. The summed E-state index contributed by atoms with van der Waals surface area (Å²) in [4.78, 5) is 16.3. The molecule has 4 rings (SSSR count). The molecule has 1 aromatic heterocycles. The Labute approximate surface area is 195 Å². The average Bonchev–Trinajstić information content (AvgIpc) is 3.08. The molecule has 2 N–H and O–H groups in total. The van der Waals surface area contributed by atoms with Gasteiger partial charge in [-0.3, -0.25) is 9.52 Å². The molecule has 0 bridgehead atoms. The van der Waals surface area contributed by atoms with Crippen molar-refractivity contribution in [3.05, 3.63) is 77.9 Å². The number of nitrogens with one attached hydrogen (secondary N) is 2. The lowest BCUT2D eigenvalue weighted by Gasteiger charge is -2.09. The van der Waals surface area contributed by atoms with Gasteiger partial charge in [0.15, 0.2) is 0 Å². The van der Waals surface area contributed by atoms with Crippen LogP contribution < -0.4 is 10.0 Å². The van der Waals surface area contributed by atoms with Gasteiger partial charge in [0, 0.05) is 30.3 Å². The third-order valence-corrected chi connectivity index (χ3v) is 6.47. The van der Waals surface area contributed by atoms with Crippen LogP contribution in [0.1, 0.15) is 24.2 Å². The Hall–Kier alpha value is -3.79. The van der Waals surface area contributed by atoms with Crippen molar-refractivity contribution in [3.63, 3.8) is 0 Å². The molecule has 0 spiro atoms. The van der Waals surface area contributed by atoms with Crippen LogP contribution in [0.3, 0.4) is 0 Å². The second-order valence-corrected chi connectivity index (χ2v) is 9.80. The van der Waals surface area contributed by atoms with Crippen LogP contribution >= 0.6 is 0 Å². The van der Waals surface area contributed by atoms with Gasteiger partial charge in [0.1, 0.15) is 17.5 Å². The summed E-state index contributed by atoms with van der Waals surface area (Å²) in [7, 11) is -2.38. The minimum atomic E-state index is -4.21. The van der Waals surface area contributed by atoms with E-state index < -0.39 is 26.6 Å². The Morgan fingerprint density at radius 1 is 0.971 bits per heavy atom. The van der Waals surface area contributed by atoms with Crippen molar-refractivity contribution in [1.82, 2.24) is 14.9 Å². The molecule has 0 saturated carbocycles. The minimum absolute atomic E-state index is 0.0265. The molecular weight excluding hydrogens is 462 g/mol. The topological polar surface area (TPSA) is 93.1 Å². The minimum Gasteiger partial charge on any atom is -0.350 e. The number of anilines is 1. The number of benzene rings is 3. The molecule has 0 radical (unpaired) electrons. The number of halogens is 2. The number of imidazole rings is 1. The highest BCUT2D eigenvalue weighted by Gasteiger charge is 2.18. The van der Waals surface area contributed by atoms with Crippen molar-refractivity contribution < 1.29 is 22.0 Å². The van der Waals surface area contributed by atoms with Gasteiger partial charge in [-0.1, -0.05) is 12.1 Å². The van der Waals surface area contributed by atoms with E-state index in [1.54, 1.807) is 36.4 Å². The molecule has 0 aliphatic heterocycles. The first-order valence-electron chi connectivity index (χ1n) is 10.4. The van der Waals surface area contributed by atoms with Gasteiger partial charge >= 0.3 is 0 Å². The largest absolute Gasteiger partial charge is 0.350 e. The zero-order valence-electron chi connectivity index (χ0n) is 18.6. The molecule has 0 fully saturated rings. The fourth-order valence-corrected chi connectivity index (χ4v) is 4.63. The smallest absolute Gasteiger partial charge is 0.262 e. The van der Waals surface area contributed by atoms with Crippen LogP contribution in [0.4, 0.5) is 14.5 Å². The molecule has 34 heavy (non-hydrogen) atoms. The van der Waals surface area contributed by atoms with Gasteiger partial charge in [-0.2, -0.15) is 0 Å². The third kappa shape index (κ3) is 4.76. The maximum atomic E-state index is 13.5. The summed E-state index contributed by atoms with van der Waals surface area (Å²) < 4.78 is 56.3. The summed E-state index contributed by atoms with van der Waals surface area (Å²) in [6, 6.07) is 13.9. The molecular formula is C24H22F2N4O3S. The van der Waals surface area contributed by atoms with Crippen LogP contribution in [0.5, 0.6) is 0 Å². The van der Waals surface area contributed by atoms with Gasteiger partial charge in [-0.25, -0.2) is 22.2 Å². The average molecular weight is 485 g/mol. The van der Waals surface area contributed by atoms with E-state index in [1.165, 1.54) is 6.07 Å². The number of amides is 1. The SMILES string of the molecule is CC(C)NC(=O)c1ccc(-c2nc3cc(NS(=O)(=O)c4cc(F)cc(F)c4)ccc3n2C)cc1. The van der Waals surface area contributed by atoms with Crippen molar-refractivity contribution in [1.29, 1.82) is 0 Å². The first kappa shape index (κ1) is 23.4. The standard InChI is InChI=1S/C24H22F2N4O3S/c1-14(2)27-24(31)16-6-4-15(5-7-16)23-28-21-13-19(8-9-22(21)30(23)3)29-34(32,33)20-11-17(25)10-18(26)12-20/h4-14,29H,1-3H3,(H,27,31). The summed E-state index contributed by atoms with van der Waals surface area (Å²) in [6.45, 7) is 3.77. The third-order valence-electron chi connectivity index (χ3n) is 5.10. The molecule has 1 amide bonds. The number of hydrogen-bond acceptors (Lipinski definition) is 4. The first-order valence-corrected chi connectivity index (χ1v) is 11.9. The maximum absolute atomic E-state index is 13.5. The zero-order chi connectivity index (χ0) is 24.6. The lowest BCUT2D eigenvalue weighted by Crippen LogP contribution is -2.29. The molecule has 0 aliphatic carbocycles. The summed E-state index contributed by atoms with van der Waals surface area (Å²) in [5, 5.41) is 2.84. The van der Waals surface area contributed by atoms with E-state index in [1.807, 2.05) is 25.5 Å². The number of rotatable bonds is 6. The van der Waals surface area contributed by atoms with E-state index >= 15 is 0 Å². The van der Waals surface area contributed by atoms with Crippen molar-refractivity contribution in [2.75, 3.05) is 4.72 Å². The monoisotopic (exact) mass is 484 g/mol. The van der Waals surface area contributed by atoms with Crippen LogP contribution in [0.2, 0.25) is 0 Å². The highest BCUT2D eigenvalue weighted by molar-refractivity contribution is 7.92. The van der Waals surface area contributed by atoms with Gasteiger partial charge in [-0.15, -0.1) is 0 Å². The molecule has 4 aromatic rings. The van der Waals surface area contributed by atoms with Crippen molar-refractivity contribution in [3.8, 4) is 11.4 Å². The quantitative estimate of drug-likeness (QED) is 0.423. The summed E-state index contributed by atoms with van der Waals surface area (Å²) in [6.07, 6.45) is 0. The molecule has 3 aromatic carbocycles. The fraction of sp³-hybridized carbons (Fsp3) is 0.167. The van der Waals surface area contributed by atoms with Crippen LogP contribution in [-0.2, 0) is 17.1 Å². The van der Waals surface area contributed by atoms with Crippen molar-refractivity contribution in [2.24, 2.45) is 7.05 Å². The molecule has 1 heterocycles. The number of hydrogen-bond donors (Lipinski definition) is 2. The van der Waals surface area contributed by atoms with E-state index in [-0.39, 0.29) is 17.6 Å². The number of sulfonamides is 1. The Morgan fingerprint density at radius 2 is 1.62 bits per heavy atom. The van der Waals surface area contributed by atoms with E-state index in [9.17, 15) is 22.0 Å². The number of carbonyl (C=O) groups excluding carboxylic acids is 1. The number of carbonyl (C=O) groups is 1. The number of aromatic nitrogens is 2. The number of aryl methyl sites for hydroxylation is 1. The van der Waals surface area contributed by atoms with E-state index in [4.69, 9.17) is 0 Å². The van der Waals surface area contributed by atoms with E-state index in [0.717, 1.165) is 23.2 Å². The van der Waals surface area contributed by atoms with E-state index in [2.05, 4.69) is 15.0 Å². The Kier molecular flexibility index (Phi) is 6.09. The molecule has 0 atom stereocenters. The fourth-order valence-electron chi connectivity index (χ4n) is 3.54. The summed E-state index contributed by atoms with van der Waals surface area (Å²) >= 11 is 0. The molecule has 0 aliphatic rings. The van der Waals surface area contributed by atoms with Gasteiger partial charge in [0.2, 0.25) is 0 Å². The van der Waals surface area contributed by atoms with Gasteiger partial charge in [0.25, 0.3) is 15.9 Å². The van der Waals surface area contributed by atoms with Gasteiger partial charge < -0.3 is 9.88 Å². The highest BCUT2D eigenvalue weighted by Crippen LogP contribution is 2.27. The van der Waals surface area contributed by atoms with Gasteiger partial charge in [0.05, 0.1) is 21.6 Å². The Balaban J connectivity index is 1.63. The highest BCUT2D eigenvalue weighted by atomic mass is 32.2. The second kappa shape index (κ2) is 8.86. The molecule has 0 saturated heterocycles. The second-order valence-electron chi connectivity index (χ2n) is 8.11. The predicted octanol–water partition coefficient (Wildman–Crippen LogP) is 4.46. The van der Waals surface area contributed by atoms with Crippen LogP contribution in [0.25, 0.3) is 22.4 Å². The van der Waals surface area contributed by atoms with Gasteiger partial charge in [-0.05, 0) is 56.3 Å². The molecule has 10 heteroatoms. The normalized spacial score (nSPS) is 11.7. The van der Waals surface area contributed by atoms with Crippen LogP contribution in [-0.4, -0.2) is 29.9 Å². The number of nitrogens with zero attached hydrogens (tertiary/aromatic N) is 2. The van der Waals surface area contributed by atoms with Crippen LogP contribution in [0, 0.1) is 11.6 Å². The Bertz CT molecular complexity index is 1480. The summed E-state index contributed by atoms with van der Waals surface area (Å²) in [5.74, 6) is -1.52. The molecule has 0 unspecified atom stereocenters. The van der Waals surface area contributed by atoms with Crippen LogP contribution in [0.15, 0.2) is 65.6 Å². The summed E-state index contributed by atoms with van der Waals surface area (Å²) in [5.41, 5.74) is 2.77. The van der Waals surface area contributed by atoms with E-state index in [0.29, 0.717) is 23.0 Å².